The van der Waals surface area contributed by atoms with Crippen molar-refractivity contribution < 1.29 is 9.59 Å². The van der Waals surface area contributed by atoms with Crippen LogP contribution < -0.4 is 0 Å². The largest absolute Gasteiger partial charge is 0.285 e. The molecular formula is C7H14INO2Si. The third kappa shape index (κ3) is 4.86. The second kappa shape index (κ2) is 4.36. The molecule has 0 radical (unpaired) electrons. The van der Waals surface area contributed by atoms with E-state index >= 15 is 0 Å². The number of halogens is 1. The van der Waals surface area contributed by atoms with Crippen molar-refractivity contribution in [3.05, 3.63) is 0 Å². The van der Waals surface area contributed by atoms with Crippen molar-refractivity contribution in [2.24, 2.45) is 0 Å². The standard InChI is InChI=1S/C7H14INO2Si/c1-6(10)9(7(2)11)5-12(3,4)8/h5H2,1-4H3. The van der Waals surface area contributed by atoms with Crippen LogP contribution in [0.1, 0.15) is 13.8 Å². The Morgan fingerprint density at radius 3 is 1.67 bits per heavy atom. The van der Waals surface area contributed by atoms with Crippen LogP contribution in [0, 0.1) is 0 Å². The summed E-state index contributed by atoms with van der Waals surface area (Å²) in [6, 6.07) is 0. The first-order valence-electron chi connectivity index (χ1n) is 3.71. The minimum absolute atomic E-state index is 0.153. The summed E-state index contributed by atoms with van der Waals surface area (Å²) < 4.78 is 0. The molecule has 0 aromatic rings. The van der Waals surface area contributed by atoms with Gasteiger partial charge in [-0.15, -0.1) is 21.8 Å². The molecule has 0 N–H and O–H groups in total. The smallest absolute Gasteiger partial charge is 0.225 e. The molecule has 0 aliphatic carbocycles. The van der Waals surface area contributed by atoms with E-state index in [0.29, 0.717) is 6.17 Å². The molecule has 0 spiro atoms. The third-order valence-corrected chi connectivity index (χ3v) is 3.39. The summed E-state index contributed by atoms with van der Waals surface area (Å²) in [4.78, 5) is 23.3. The fourth-order valence-corrected chi connectivity index (χ4v) is 3.04. The van der Waals surface area contributed by atoms with Gasteiger partial charge in [-0.05, 0) is 0 Å². The van der Waals surface area contributed by atoms with Crippen LogP contribution in [0.4, 0.5) is 0 Å². The second-order valence-corrected chi connectivity index (χ2v) is 15.9. The van der Waals surface area contributed by atoms with Crippen LogP contribution >= 0.6 is 21.8 Å². The summed E-state index contributed by atoms with van der Waals surface area (Å²) in [5, 5.41) is 0. The Kier molecular flexibility index (Phi) is 4.39. The van der Waals surface area contributed by atoms with E-state index in [1.807, 2.05) is 0 Å². The summed E-state index contributed by atoms with van der Waals surface area (Å²) >= 11 is 2.35. The molecule has 2 amide bonds. The lowest BCUT2D eigenvalue weighted by molar-refractivity contribution is -0.141. The predicted octanol–water partition coefficient (Wildman–Crippen LogP) is 1.56. The Labute approximate surface area is 86.7 Å². The molecule has 5 heteroatoms. The molecule has 12 heavy (non-hydrogen) atoms. The molecule has 0 aliphatic heterocycles. The molecule has 0 aromatic heterocycles. The molecule has 0 saturated heterocycles. The third-order valence-electron chi connectivity index (χ3n) is 1.29. The van der Waals surface area contributed by atoms with Gasteiger partial charge in [0.15, 0.2) is 0 Å². The van der Waals surface area contributed by atoms with Crippen LogP contribution in [0.25, 0.3) is 0 Å². The van der Waals surface area contributed by atoms with E-state index in [1.54, 1.807) is 0 Å². The topological polar surface area (TPSA) is 37.4 Å². The molecule has 0 fully saturated rings. The Hall–Kier alpha value is 0.0869. The molecule has 0 heterocycles. The van der Waals surface area contributed by atoms with Crippen molar-refractivity contribution in [3.63, 3.8) is 0 Å². The van der Waals surface area contributed by atoms with Gasteiger partial charge in [0.05, 0.1) is 0 Å². The van der Waals surface area contributed by atoms with Crippen LogP contribution in [0.15, 0.2) is 0 Å². The summed E-state index contributed by atoms with van der Waals surface area (Å²) in [6.07, 6.45) is 0.609. The van der Waals surface area contributed by atoms with E-state index in [-0.39, 0.29) is 11.8 Å². The van der Waals surface area contributed by atoms with Gasteiger partial charge in [0.2, 0.25) is 11.8 Å². The van der Waals surface area contributed by atoms with E-state index in [0.717, 1.165) is 0 Å². The number of imide groups is 1. The first-order valence-corrected chi connectivity index (χ1v) is 10.0. The van der Waals surface area contributed by atoms with E-state index < -0.39 is 5.57 Å². The molecule has 0 saturated carbocycles. The minimum atomic E-state index is -1.39. The highest BCUT2D eigenvalue weighted by Gasteiger charge is 2.24. The number of hydrogen-bond donors (Lipinski definition) is 0. The molecule has 0 rings (SSSR count). The monoisotopic (exact) mass is 299 g/mol. The van der Waals surface area contributed by atoms with E-state index in [1.165, 1.54) is 18.7 Å². The van der Waals surface area contributed by atoms with Gasteiger partial charge in [-0.2, -0.15) is 0 Å². The van der Waals surface area contributed by atoms with Crippen molar-refractivity contribution >= 4 is 39.2 Å². The molecule has 0 aliphatic rings. The quantitative estimate of drug-likeness (QED) is 0.441. The fraction of sp³-hybridized carbons (Fsp3) is 0.714. The zero-order valence-electron chi connectivity index (χ0n) is 7.85. The van der Waals surface area contributed by atoms with Crippen molar-refractivity contribution in [3.8, 4) is 0 Å². The number of carbonyl (C=O) groups excluding carboxylic acids is 2. The van der Waals surface area contributed by atoms with Gasteiger partial charge in [0, 0.05) is 20.0 Å². The van der Waals surface area contributed by atoms with Gasteiger partial charge in [0.1, 0.15) is 5.57 Å². The van der Waals surface area contributed by atoms with Gasteiger partial charge in [0.25, 0.3) is 0 Å². The highest BCUT2D eigenvalue weighted by Crippen LogP contribution is 2.13. The van der Waals surface area contributed by atoms with Crippen molar-refractivity contribution in [2.45, 2.75) is 26.9 Å². The SMILES string of the molecule is CC(=O)N(C[Si](C)(C)I)C(C)=O. The highest BCUT2D eigenvalue weighted by atomic mass is 127. The first kappa shape index (κ1) is 12.1. The average molecular weight is 299 g/mol. The predicted molar refractivity (Wildman–Crippen MR) is 59.6 cm³/mol. The molecule has 3 nitrogen and oxygen atoms in total. The van der Waals surface area contributed by atoms with Crippen LogP contribution in [-0.2, 0) is 9.59 Å². The molecular weight excluding hydrogens is 285 g/mol. The molecule has 0 unspecified atom stereocenters. The number of carbonyl (C=O) groups is 2. The molecule has 0 aromatic carbocycles. The Balaban J connectivity index is 4.35. The maximum Gasteiger partial charge on any atom is 0.225 e. The lowest BCUT2D eigenvalue weighted by Crippen LogP contribution is -2.43. The summed E-state index contributed by atoms with van der Waals surface area (Å²) in [5.41, 5.74) is -1.39. The number of nitrogens with zero attached hydrogens (tertiary/aromatic N) is 1. The van der Waals surface area contributed by atoms with E-state index in [4.69, 9.17) is 0 Å². The Bertz CT molecular complexity index is 186. The van der Waals surface area contributed by atoms with E-state index in [2.05, 4.69) is 34.9 Å². The summed E-state index contributed by atoms with van der Waals surface area (Å²) in [6.45, 7) is 7.09. The van der Waals surface area contributed by atoms with Crippen LogP contribution in [0.3, 0.4) is 0 Å². The van der Waals surface area contributed by atoms with Crippen molar-refractivity contribution in [2.75, 3.05) is 6.17 Å². The number of rotatable bonds is 2. The zero-order valence-corrected chi connectivity index (χ0v) is 11.0. The van der Waals surface area contributed by atoms with Crippen LogP contribution in [0.2, 0.25) is 13.1 Å². The Morgan fingerprint density at radius 1 is 1.25 bits per heavy atom. The summed E-state index contributed by atoms with van der Waals surface area (Å²) in [7, 11) is 0. The summed E-state index contributed by atoms with van der Waals surface area (Å²) in [5.74, 6) is -0.306. The maximum absolute atomic E-state index is 11.0. The fourth-order valence-electron chi connectivity index (χ4n) is 0.820. The average Bonchev–Trinajstić information content (AvgIpc) is 1.79. The highest BCUT2D eigenvalue weighted by molar-refractivity contribution is 14.1. The Morgan fingerprint density at radius 2 is 1.58 bits per heavy atom. The number of amides is 2. The zero-order chi connectivity index (χ0) is 9.94. The van der Waals surface area contributed by atoms with Gasteiger partial charge in [-0.25, -0.2) is 0 Å². The minimum Gasteiger partial charge on any atom is -0.285 e. The van der Waals surface area contributed by atoms with Crippen LogP contribution in [0.5, 0.6) is 0 Å². The van der Waals surface area contributed by atoms with Crippen molar-refractivity contribution in [1.29, 1.82) is 0 Å². The molecule has 0 bridgehead atoms. The van der Waals surface area contributed by atoms with Gasteiger partial charge < -0.3 is 0 Å². The maximum atomic E-state index is 11.0. The molecule has 0 atom stereocenters. The van der Waals surface area contributed by atoms with Gasteiger partial charge >= 0.3 is 0 Å². The normalized spacial score (nSPS) is 11.1. The first-order chi connectivity index (χ1) is 5.24. The molecule has 70 valence electrons. The van der Waals surface area contributed by atoms with Crippen LogP contribution in [-0.4, -0.2) is 28.5 Å². The van der Waals surface area contributed by atoms with Crippen molar-refractivity contribution in [1.82, 2.24) is 4.90 Å². The second-order valence-electron chi connectivity index (χ2n) is 3.34. The van der Waals surface area contributed by atoms with E-state index in [9.17, 15) is 9.59 Å². The van der Waals surface area contributed by atoms with Gasteiger partial charge in [-0.1, -0.05) is 13.1 Å². The lowest BCUT2D eigenvalue weighted by atomic mass is 10.5. The lowest BCUT2D eigenvalue weighted by Gasteiger charge is -2.23. The van der Waals surface area contributed by atoms with Gasteiger partial charge in [-0.3, -0.25) is 14.5 Å². The number of hydrogen-bond acceptors (Lipinski definition) is 2.